The number of allylic oxidation sites excluding steroid dienone is 1. The van der Waals surface area contributed by atoms with E-state index in [1.807, 2.05) is 84.0 Å². The fraction of sp³-hybridized carbons (Fsp3) is 0.333. The maximum Gasteiger partial charge on any atom is 0.415 e. The van der Waals surface area contributed by atoms with Crippen LogP contribution in [0.2, 0.25) is 0 Å². The standard InChI is InChI=1S/C28H32N2O4.C2H6/c1-8-16-29-24-18-20(26(31)33-7)14-15-21(24)19(3)25(29)22-12-10-11-13-23(22)30(17-9-2)27(32)34-28(4,5)6;1-2/h8-15,18H,1-2,16-17H2,3-7H3;1-2H3. The summed E-state index contributed by atoms with van der Waals surface area (Å²) < 4.78 is 12.7. The first-order valence-corrected chi connectivity index (χ1v) is 12.2. The monoisotopic (exact) mass is 490 g/mol. The Kier molecular flexibility index (Phi) is 9.68. The summed E-state index contributed by atoms with van der Waals surface area (Å²) >= 11 is 0. The van der Waals surface area contributed by atoms with Gasteiger partial charge in [-0.25, -0.2) is 9.59 Å². The van der Waals surface area contributed by atoms with Crippen molar-refractivity contribution in [1.29, 1.82) is 0 Å². The van der Waals surface area contributed by atoms with Gasteiger partial charge in [-0.1, -0.05) is 50.3 Å². The number of carbonyl (C=O) groups excluding carboxylic acids is 2. The second-order valence-corrected chi connectivity index (χ2v) is 8.99. The zero-order valence-corrected chi connectivity index (χ0v) is 22.6. The Balaban J connectivity index is 0.00000222. The molecular weight excluding hydrogens is 452 g/mol. The molecule has 0 fully saturated rings. The molecule has 0 saturated carbocycles. The van der Waals surface area contributed by atoms with E-state index in [0.29, 0.717) is 24.3 Å². The number of amides is 1. The highest BCUT2D eigenvalue weighted by molar-refractivity contribution is 6.01. The zero-order valence-electron chi connectivity index (χ0n) is 22.6. The summed E-state index contributed by atoms with van der Waals surface area (Å²) in [4.78, 5) is 26.9. The summed E-state index contributed by atoms with van der Waals surface area (Å²) in [5, 5.41) is 1.01. The number of nitrogens with zero attached hydrogens (tertiary/aromatic N) is 2. The number of anilines is 1. The molecule has 0 bridgehead atoms. The van der Waals surface area contributed by atoms with Crippen molar-refractivity contribution in [2.45, 2.75) is 53.7 Å². The molecule has 3 rings (SSSR count). The van der Waals surface area contributed by atoms with Crippen molar-refractivity contribution in [3.63, 3.8) is 0 Å². The molecule has 0 aliphatic rings. The zero-order chi connectivity index (χ0) is 27.0. The summed E-state index contributed by atoms with van der Waals surface area (Å²) in [7, 11) is 1.37. The number of ether oxygens (including phenoxy) is 2. The summed E-state index contributed by atoms with van der Waals surface area (Å²) in [6, 6.07) is 13.2. The van der Waals surface area contributed by atoms with Crippen LogP contribution < -0.4 is 4.90 Å². The van der Waals surface area contributed by atoms with Gasteiger partial charge in [0, 0.05) is 29.6 Å². The van der Waals surface area contributed by atoms with Gasteiger partial charge in [0.2, 0.25) is 0 Å². The number of hydrogen-bond donors (Lipinski definition) is 0. The topological polar surface area (TPSA) is 60.8 Å². The van der Waals surface area contributed by atoms with Gasteiger partial charge in [-0.3, -0.25) is 4.90 Å². The number of hydrogen-bond acceptors (Lipinski definition) is 4. The lowest BCUT2D eigenvalue weighted by Gasteiger charge is -2.28. The van der Waals surface area contributed by atoms with Crippen LogP contribution in [0.1, 0.15) is 50.5 Å². The Morgan fingerprint density at radius 1 is 1.06 bits per heavy atom. The lowest BCUT2D eigenvalue weighted by atomic mass is 10.0. The fourth-order valence-corrected chi connectivity index (χ4v) is 4.06. The molecule has 0 aliphatic carbocycles. The van der Waals surface area contributed by atoms with E-state index < -0.39 is 17.7 Å². The van der Waals surface area contributed by atoms with Crippen molar-refractivity contribution >= 4 is 28.7 Å². The van der Waals surface area contributed by atoms with Crippen LogP contribution in [-0.2, 0) is 16.0 Å². The minimum Gasteiger partial charge on any atom is -0.465 e. The van der Waals surface area contributed by atoms with E-state index in [0.717, 1.165) is 27.7 Å². The molecule has 6 heteroatoms. The number of fused-ring (bicyclic) bond motifs is 1. The number of benzene rings is 2. The molecule has 0 saturated heterocycles. The van der Waals surface area contributed by atoms with Crippen LogP contribution in [-0.4, -0.2) is 35.9 Å². The van der Waals surface area contributed by atoms with E-state index in [9.17, 15) is 9.59 Å². The van der Waals surface area contributed by atoms with Crippen LogP contribution >= 0.6 is 0 Å². The molecule has 1 aromatic heterocycles. The van der Waals surface area contributed by atoms with E-state index in [4.69, 9.17) is 9.47 Å². The molecule has 0 N–H and O–H groups in total. The van der Waals surface area contributed by atoms with E-state index in [1.165, 1.54) is 7.11 Å². The van der Waals surface area contributed by atoms with Gasteiger partial charge in [-0.15, -0.1) is 13.2 Å². The molecule has 0 radical (unpaired) electrons. The predicted octanol–water partition coefficient (Wildman–Crippen LogP) is 7.54. The molecule has 0 aliphatic heterocycles. The van der Waals surface area contributed by atoms with Crippen molar-refractivity contribution < 1.29 is 19.1 Å². The third-order valence-corrected chi connectivity index (χ3v) is 5.43. The van der Waals surface area contributed by atoms with Crippen LogP contribution in [0, 0.1) is 6.92 Å². The number of methoxy groups -OCH3 is 1. The van der Waals surface area contributed by atoms with Crippen molar-refractivity contribution in [2.75, 3.05) is 18.6 Å². The van der Waals surface area contributed by atoms with Gasteiger partial charge in [0.05, 0.1) is 24.1 Å². The molecule has 2 aromatic carbocycles. The number of rotatable bonds is 7. The number of para-hydroxylation sites is 1. The van der Waals surface area contributed by atoms with Gasteiger partial charge in [-0.05, 0) is 51.5 Å². The normalized spacial score (nSPS) is 10.8. The molecule has 192 valence electrons. The summed E-state index contributed by atoms with van der Waals surface area (Å²) in [5.74, 6) is -0.394. The van der Waals surface area contributed by atoms with Crippen molar-refractivity contribution in [1.82, 2.24) is 4.57 Å². The lowest BCUT2D eigenvalue weighted by molar-refractivity contribution is 0.0580. The molecule has 0 atom stereocenters. The first kappa shape index (κ1) is 28.4. The van der Waals surface area contributed by atoms with Crippen molar-refractivity contribution in [3.8, 4) is 11.3 Å². The first-order valence-electron chi connectivity index (χ1n) is 12.2. The van der Waals surface area contributed by atoms with Gasteiger partial charge >= 0.3 is 12.1 Å². The van der Waals surface area contributed by atoms with Crippen LogP contribution in [0.5, 0.6) is 0 Å². The molecule has 6 nitrogen and oxygen atoms in total. The lowest BCUT2D eigenvalue weighted by Crippen LogP contribution is -2.37. The number of esters is 1. The summed E-state index contributed by atoms with van der Waals surface area (Å²) in [5.41, 5.74) is 4.26. The highest BCUT2D eigenvalue weighted by Crippen LogP contribution is 2.39. The molecule has 36 heavy (non-hydrogen) atoms. The molecule has 3 aromatic rings. The molecular formula is C30H38N2O4. The van der Waals surface area contributed by atoms with Crippen LogP contribution in [0.3, 0.4) is 0 Å². The summed E-state index contributed by atoms with van der Waals surface area (Å²) in [6.07, 6.45) is 3.04. The SMILES string of the molecule is C=CCN(C(=O)OC(C)(C)C)c1ccccc1-c1c(C)c2ccc(C(=O)OC)cc2n1CC=C.CC. The number of aromatic nitrogens is 1. The second-order valence-electron chi connectivity index (χ2n) is 8.99. The van der Waals surface area contributed by atoms with Gasteiger partial charge in [-0.2, -0.15) is 0 Å². The van der Waals surface area contributed by atoms with E-state index in [2.05, 4.69) is 17.7 Å². The minimum atomic E-state index is -0.636. The summed E-state index contributed by atoms with van der Waals surface area (Å²) in [6.45, 7) is 20.1. The highest BCUT2D eigenvalue weighted by atomic mass is 16.6. The highest BCUT2D eigenvalue weighted by Gasteiger charge is 2.27. The predicted molar refractivity (Wildman–Crippen MR) is 149 cm³/mol. The maximum absolute atomic E-state index is 13.1. The average Bonchev–Trinajstić information content (AvgIpc) is 3.13. The van der Waals surface area contributed by atoms with Crippen molar-refractivity contribution in [3.05, 3.63) is 78.9 Å². The molecule has 1 amide bonds. The Morgan fingerprint density at radius 3 is 2.31 bits per heavy atom. The van der Waals surface area contributed by atoms with Gasteiger partial charge in [0.15, 0.2) is 0 Å². The molecule has 0 spiro atoms. The number of carbonyl (C=O) groups is 2. The molecule has 0 unspecified atom stereocenters. The second kappa shape index (κ2) is 12.2. The minimum absolute atomic E-state index is 0.291. The Bertz CT molecular complexity index is 1250. The maximum atomic E-state index is 13.1. The van der Waals surface area contributed by atoms with Crippen molar-refractivity contribution in [2.24, 2.45) is 0 Å². The van der Waals surface area contributed by atoms with E-state index in [1.54, 1.807) is 17.0 Å². The Morgan fingerprint density at radius 2 is 1.72 bits per heavy atom. The van der Waals surface area contributed by atoms with E-state index in [-0.39, 0.29) is 0 Å². The number of aryl methyl sites for hydroxylation is 1. The van der Waals surface area contributed by atoms with Crippen LogP contribution in [0.25, 0.3) is 22.2 Å². The fourth-order valence-electron chi connectivity index (χ4n) is 4.06. The molecule has 1 heterocycles. The third-order valence-electron chi connectivity index (χ3n) is 5.43. The quantitative estimate of drug-likeness (QED) is 0.253. The third kappa shape index (κ3) is 6.06. The van der Waals surface area contributed by atoms with Gasteiger partial charge in [0.1, 0.15) is 5.60 Å². The van der Waals surface area contributed by atoms with Crippen LogP contribution in [0.15, 0.2) is 67.8 Å². The smallest absolute Gasteiger partial charge is 0.415 e. The Hall–Kier alpha value is -3.80. The average molecular weight is 491 g/mol. The Labute approximate surface area is 214 Å². The van der Waals surface area contributed by atoms with E-state index >= 15 is 0 Å². The first-order chi connectivity index (χ1) is 17.1. The van der Waals surface area contributed by atoms with Gasteiger partial charge in [0.25, 0.3) is 0 Å². The largest absolute Gasteiger partial charge is 0.465 e. The van der Waals surface area contributed by atoms with Gasteiger partial charge < -0.3 is 14.0 Å². The van der Waals surface area contributed by atoms with Crippen LogP contribution in [0.4, 0.5) is 10.5 Å².